The van der Waals surface area contributed by atoms with E-state index in [1.165, 1.54) is 0 Å². The van der Waals surface area contributed by atoms with Crippen LogP contribution in [0.25, 0.3) is 22.2 Å². The number of hydrogen-bond acceptors (Lipinski definition) is 4. The normalized spacial score (nSPS) is 11.2. The number of rotatable bonds is 7. The van der Waals surface area contributed by atoms with Gasteiger partial charge in [0.25, 0.3) is 0 Å². The van der Waals surface area contributed by atoms with Gasteiger partial charge in [-0.1, -0.05) is 41.9 Å². The number of aromatic nitrogens is 5. The molecule has 3 aromatic heterocycles. The summed E-state index contributed by atoms with van der Waals surface area (Å²) >= 11 is 6.01. The number of carbonyl (C=O) groups is 1. The largest absolute Gasteiger partial charge is 0.354 e. The van der Waals surface area contributed by atoms with Crippen molar-refractivity contribution in [3.05, 3.63) is 65.2 Å². The van der Waals surface area contributed by atoms with Crippen LogP contribution in [0.5, 0.6) is 0 Å². The van der Waals surface area contributed by atoms with Gasteiger partial charge in [-0.25, -0.2) is 9.67 Å². The zero-order valence-corrected chi connectivity index (χ0v) is 17.7. The highest BCUT2D eigenvalue weighted by Crippen LogP contribution is 2.29. The van der Waals surface area contributed by atoms with Gasteiger partial charge in [-0.3, -0.25) is 9.48 Å². The molecule has 30 heavy (non-hydrogen) atoms. The molecule has 0 spiro atoms. The number of benzene rings is 1. The number of nitrogens with one attached hydrogen (secondary N) is 1. The molecule has 0 bridgehead atoms. The van der Waals surface area contributed by atoms with Crippen LogP contribution in [0.3, 0.4) is 0 Å². The average Bonchev–Trinajstić information content (AvgIpc) is 3.24. The summed E-state index contributed by atoms with van der Waals surface area (Å²) in [6.45, 7) is 5.19. The maximum Gasteiger partial charge on any atom is 0.241 e. The number of pyridine rings is 1. The van der Waals surface area contributed by atoms with Crippen LogP contribution in [0.15, 0.2) is 48.8 Å². The van der Waals surface area contributed by atoms with Crippen LogP contribution in [-0.2, 0) is 17.9 Å². The maximum absolute atomic E-state index is 12.4. The third-order valence-corrected chi connectivity index (χ3v) is 5.33. The Labute approximate surface area is 179 Å². The van der Waals surface area contributed by atoms with E-state index in [9.17, 15) is 4.79 Å². The molecule has 0 radical (unpaired) electrons. The fraction of sp³-hybridized carbons (Fsp3) is 0.273. The van der Waals surface area contributed by atoms with E-state index in [1.807, 2.05) is 38.1 Å². The minimum absolute atomic E-state index is 0.0963. The number of fused-ring (bicyclic) bond motifs is 1. The first-order chi connectivity index (χ1) is 14.5. The number of halogens is 1. The van der Waals surface area contributed by atoms with Crippen LogP contribution in [-0.4, -0.2) is 37.0 Å². The molecule has 7 nitrogen and oxygen atoms in total. The Morgan fingerprint density at radius 3 is 2.63 bits per heavy atom. The van der Waals surface area contributed by atoms with Crippen molar-refractivity contribution in [1.82, 2.24) is 29.9 Å². The van der Waals surface area contributed by atoms with Gasteiger partial charge in [0.2, 0.25) is 5.91 Å². The third-order valence-electron chi connectivity index (χ3n) is 4.96. The van der Waals surface area contributed by atoms with Crippen LogP contribution in [0.4, 0.5) is 0 Å². The molecule has 0 unspecified atom stereocenters. The Kier molecular flexibility index (Phi) is 5.81. The zero-order chi connectivity index (χ0) is 21.1. The van der Waals surface area contributed by atoms with Gasteiger partial charge in [-0.15, -0.1) is 0 Å². The van der Waals surface area contributed by atoms with E-state index in [4.69, 9.17) is 11.6 Å². The third kappa shape index (κ3) is 4.21. The van der Waals surface area contributed by atoms with Crippen LogP contribution in [0.1, 0.15) is 17.8 Å². The molecule has 4 aromatic rings. The van der Waals surface area contributed by atoms with Crippen LogP contribution < -0.4 is 5.32 Å². The number of hydrogen-bond donors (Lipinski definition) is 1. The highest BCUT2D eigenvalue weighted by molar-refractivity contribution is 6.31. The van der Waals surface area contributed by atoms with Gasteiger partial charge in [0.15, 0.2) is 5.65 Å². The van der Waals surface area contributed by atoms with Gasteiger partial charge in [-0.05, 0) is 37.5 Å². The molecule has 0 fully saturated rings. The summed E-state index contributed by atoms with van der Waals surface area (Å²) in [5.74, 6) is -0.0963. The van der Waals surface area contributed by atoms with Crippen molar-refractivity contribution in [1.29, 1.82) is 0 Å². The lowest BCUT2D eigenvalue weighted by molar-refractivity contribution is -0.121. The molecule has 0 saturated heterocycles. The average molecular weight is 423 g/mol. The molecule has 0 aliphatic carbocycles. The first kappa shape index (κ1) is 20.1. The molecule has 0 aliphatic rings. The molecule has 1 amide bonds. The number of carbonyl (C=O) groups excluding carboxylic acids is 1. The highest BCUT2D eigenvalue weighted by atomic mass is 35.5. The smallest absolute Gasteiger partial charge is 0.241 e. The fourth-order valence-electron chi connectivity index (χ4n) is 3.52. The van der Waals surface area contributed by atoms with Crippen LogP contribution in [0.2, 0.25) is 5.02 Å². The monoisotopic (exact) mass is 422 g/mol. The molecule has 3 heterocycles. The minimum atomic E-state index is -0.0963. The lowest BCUT2D eigenvalue weighted by atomic mass is 10.0. The molecule has 0 aliphatic heterocycles. The van der Waals surface area contributed by atoms with Gasteiger partial charge in [0.05, 0.1) is 16.4 Å². The van der Waals surface area contributed by atoms with E-state index in [0.717, 1.165) is 34.3 Å². The molecule has 154 valence electrons. The van der Waals surface area contributed by atoms with Crippen molar-refractivity contribution < 1.29 is 4.79 Å². The first-order valence-corrected chi connectivity index (χ1v) is 10.2. The Balaban J connectivity index is 1.42. The van der Waals surface area contributed by atoms with Crippen molar-refractivity contribution in [2.24, 2.45) is 0 Å². The second-order valence-electron chi connectivity index (χ2n) is 7.20. The molecule has 1 N–H and O–H groups in total. The van der Waals surface area contributed by atoms with E-state index in [-0.39, 0.29) is 12.5 Å². The fourth-order valence-corrected chi connectivity index (χ4v) is 3.67. The van der Waals surface area contributed by atoms with E-state index in [0.29, 0.717) is 23.8 Å². The summed E-state index contributed by atoms with van der Waals surface area (Å²) in [7, 11) is 0. The summed E-state index contributed by atoms with van der Waals surface area (Å²) in [5, 5.41) is 13.5. The second-order valence-corrected chi connectivity index (χ2v) is 7.60. The van der Waals surface area contributed by atoms with Crippen LogP contribution >= 0.6 is 11.6 Å². The SMILES string of the molecule is Cc1nn(CCCNC(=O)Cn2nc(C)c3c(-c4ccccc4)ccnc32)cc1Cl. The molecular formula is C22H23ClN6O. The van der Waals surface area contributed by atoms with E-state index in [2.05, 4.69) is 32.6 Å². The van der Waals surface area contributed by atoms with Crippen molar-refractivity contribution in [3.8, 4) is 11.1 Å². The molecule has 1 aromatic carbocycles. The summed E-state index contributed by atoms with van der Waals surface area (Å²) in [5.41, 5.74) is 4.55. The summed E-state index contributed by atoms with van der Waals surface area (Å²) < 4.78 is 3.46. The molecule has 0 atom stereocenters. The number of amides is 1. The first-order valence-electron chi connectivity index (χ1n) is 9.86. The molecule has 8 heteroatoms. The van der Waals surface area contributed by atoms with Gasteiger partial charge in [0.1, 0.15) is 6.54 Å². The molecule has 0 saturated carbocycles. The molecule has 4 rings (SSSR count). The van der Waals surface area contributed by atoms with Crippen molar-refractivity contribution in [3.63, 3.8) is 0 Å². The summed E-state index contributed by atoms with van der Waals surface area (Å²) in [6.07, 6.45) is 4.32. The highest BCUT2D eigenvalue weighted by Gasteiger charge is 2.15. The van der Waals surface area contributed by atoms with E-state index < -0.39 is 0 Å². The van der Waals surface area contributed by atoms with Crippen LogP contribution in [0, 0.1) is 13.8 Å². The zero-order valence-electron chi connectivity index (χ0n) is 17.0. The van der Waals surface area contributed by atoms with Gasteiger partial charge in [-0.2, -0.15) is 10.2 Å². The standard InChI is InChI=1S/C22H23ClN6O/c1-15-19(23)13-28(26-15)12-6-10-24-20(30)14-29-22-21(16(2)27-29)18(9-11-25-22)17-7-4-3-5-8-17/h3-5,7-9,11,13H,6,10,12,14H2,1-2H3,(H,24,30). The Bertz CT molecular complexity index is 1160. The minimum Gasteiger partial charge on any atom is -0.354 e. The topological polar surface area (TPSA) is 77.6 Å². The number of aryl methyl sites for hydroxylation is 3. The predicted molar refractivity (Wildman–Crippen MR) is 117 cm³/mol. The Morgan fingerprint density at radius 1 is 1.10 bits per heavy atom. The van der Waals surface area contributed by atoms with Gasteiger partial charge in [0, 0.05) is 30.9 Å². The Hall–Kier alpha value is -3.19. The van der Waals surface area contributed by atoms with Crippen molar-refractivity contribution in [2.45, 2.75) is 33.4 Å². The molecular weight excluding hydrogens is 400 g/mol. The quantitative estimate of drug-likeness (QED) is 0.460. The summed E-state index contributed by atoms with van der Waals surface area (Å²) in [4.78, 5) is 16.9. The second kappa shape index (κ2) is 8.67. The summed E-state index contributed by atoms with van der Waals surface area (Å²) in [6, 6.07) is 12.1. The lowest BCUT2D eigenvalue weighted by Crippen LogP contribution is -2.29. The van der Waals surface area contributed by atoms with Crippen molar-refractivity contribution >= 4 is 28.5 Å². The van der Waals surface area contributed by atoms with E-state index >= 15 is 0 Å². The van der Waals surface area contributed by atoms with E-state index in [1.54, 1.807) is 21.8 Å². The predicted octanol–water partition coefficient (Wildman–Crippen LogP) is 3.77. The maximum atomic E-state index is 12.4. The lowest BCUT2D eigenvalue weighted by Gasteiger charge is -2.07. The number of nitrogens with zero attached hydrogens (tertiary/aromatic N) is 5. The Morgan fingerprint density at radius 2 is 1.90 bits per heavy atom. The van der Waals surface area contributed by atoms with Gasteiger partial charge < -0.3 is 5.32 Å². The van der Waals surface area contributed by atoms with Crippen molar-refractivity contribution in [2.75, 3.05) is 6.54 Å². The van der Waals surface area contributed by atoms with Gasteiger partial charge >= 0.3 is 0 Å².